The Hall–Kier alpha value is -0.610. The van der Waals surface area contributed by atoms with Gasteiger partial charge in [-0.15, -0.1) is 0 Å². The lowest BCUT2D eigenvalue weighted by molar-refractivity contribution is -0.137. The molecule has 2 aliphatic rings. The van der Waals surface area contributed by atoms with Gasteiger partial charge in [0.1, 0.15) is 0 Å². The second kappa shape index (κ2) is 3.70. The summed E-state index contributed by atoms with van der Waals surface area (Å²) in [7, 11) is 1.73. The van der Waals surface area contributed by atoms with E-state index in [-0.39, 0.29) is 28.9 Å². The normalized spacial score (nSPS) is 34.0. The van der Waals surface area contributed by atoms with E-state index in [0.717, 1.165) is 19.3 Å². The second-order valence-corrected chi connectivity index (χ2v) is 5.79. The molecule has 16 heavy (non-hydrogen) atoms. The van der Waals surface area contributed by atoms with Gasteiger partial charge in [-0.3, -0.25) is 4.79 Å². The zero-order chi connectivity index (χ0) is 12.0. The second-order valence-electron chi connectivity index (χ2n) is 5.79. The summed E-state index contributed by atoms with van der Waals surface area (Å²) in [6, 6.07) is 0.231. The van der Waals surface area contributed by atoms with Crippen LogP contribution in [0.3, 0.4) is 0 Å². The molecule has 0 saturated heterocycles. The lowest BCUT2D eigenvalue weighted by atomic mass is 9.64. The van der Waals surface area contributed by atoms with Crippen LogP contribution in [0.15, 0.2) is 0 Å². The highest BCUT2D eigenvalue weighted by atomic mass is 16.5. The van der Waals surface area contributed by atoms with E-state index in [2.05, 4.69) is 19.2 Å². The first-order valence-corrected chi connectivity index (χ1v) is 6.00. The largest absolute Gasteiger partial charge is 0.381 e. The monoisotopic (exact) mass is 226 g/mol. The molecule has 0 radical (unpaired) electrons. The van der Waals surface area contributed by atoms with E-state index in [0.29, 0.717) is 6.54 Å². The van der Waals surface area contributed by atoms with Gasteiger partial charge < -0.3 is 15.8 Å². The van der Waals surface area contributed by atoms with Crippen molar-refractivity contribution in [1.82, 2.24) is 5.32 Å². The van der Waals surface area contributed by atoms with Crippen LogP contribution in [-0.4, -0.2) is 31.7 Å². The third kappa shape index (κ3) is 1.64. The van der Waals surface area contributed by atoms with Crippen molar-refractivity contribution in [1.29, 1.82) is 0 Å². The highest BCUT2D eigenvalue weighted by Crippen LogP contribution is 2.47. The molecule has 4 nitrogen and oxygen atoms in total. The van der Waals surface area contributed by atoms with Crippen LogP contribution in [0, 0.1) is 10.8 Å². The summed E-state index contributed by atoms with van der Waals surface area (Å²) in [5.74, 6) is 0.141. The van der Waals surface area contributed by atoms with Gasteiger partial charge in [-0.1, -0.05) is 13.8 Å². The molecule has 0 aromatic heterocycles. The van der Waals surface area contributed by atoms with E-state index in [1.165, 1.54) is 0 Å². The maximum Gasteiger partial charge on any atom is 0.227 e. The van der Waals surface area contributed by atoms with Gasteiger partial charge in [0.2, 0.25) is 5.91 Å². The summed E-state index contributed by atoms with van der Waals surface area (Å²) in [5.41, 5.74) is 5.44. The Balaban J connectivity index is 1.90. The molecule has 0 bridgehead atoms. The lowest BCUT2D eigenvalue weighted by Gasteiger charge is -2.51. The first-order valence-electron chi connectivity index (χ1n) is 6.00. The van der Waals surface area contributed by atoms with Gasteiger partial charge in [-0.05, 0) is 19.3 Å². The molecular weight excluding hydrogens is 204 g/mol. The summed E-state index contributed by atoms with van der Waals surface area (Å²) < 4.78 is 5.36. The fourth-order valence-corrected chi connectivity index (χ4v) is 2.52. The molecule has 4 heteroatoms. The van der Waals surface area contributed by atoms with Gasteiger partial charge in [0, 0.05) is 25.1 Å². The van der Waals surface area contributed by atoms with Crippen molar-refractivity contribution in [3.8, 4) is 0 Å². The SMILES string of the molecule is COC1CC(NC(=O)C2(CN)CC2)C1(C)C. The fourth-order valence-electron chi connectivity index (χ4n) is 2.52. The van der Waals surface area contributed by atoms with Crippen LogP contribution in [0.5, 0.6) is 0 Å². The molecule has 3 N–H and O–H groups in total. The van der Waals surface area contributed by atoms with Gasteiger partial charge >= 0.3 is 0 Å². The smallest absolute Gasteiger partial charge is 0.227 e. The quantitative estimate of drug-likeness (QED) is 0.740. The number of nitrogens with one attached hydrogen (secondary N) is 1. The minimum atomic E-state index is -0.242. The minimum Gasteiger partial charge on any atom is -0.381 e. The Bertz CT molecular complexity index is 297. The molecule has 0 spiro atoms. The van der Waals surface area contributed by atoms with E-state index < -0.39 is 0 Å². The molecule has 2 aliphatic carbocycles. The van der Waals surface area contributed by atoms with E-state index in [9.17, 15) is 4.79 Å². The maximum atomic E-state index is 12.0. The van der Waals surface area contributed by atoms with Crippen LogP contribution in [0.2, 0.25) is 0 Å². The number of ether oxygens (including phenoxy) is 1. The highest BCUT2D eigenvalue weighted by molar-refractivity contribution is 5.86. The summed E-state index contributed by atoms with van der Waals surface area (Å²) in [4.78, 5) is 12.0. The number of methoxy groups -OCH3 is 1. The number of rotatable bonds is 4. The predicted octanol–water partition coefficient (Wildman–Crippen LogP) is 0.655. The van der Waals surface area contributed by atoms with E-state index in [1.807, 2.05) is 0 Å². The Morgan fingerprint density at radius 3 is 2.50 bits per heavy atom. The van der Waals surface area contributed by atoms with Crippen LogP contribution in [0.25, 0.3) is 0 Å². The summed E-state index contributed by atoms with van der Waals surface area (Å²) >= 11 is 0. The first-order chi connectivity index (χ1) is 7.46. The van der Waals surface area contributed by atoms with Crippen molar-refractivity contribution >= 4 is 5.91 Å². The number of nitrogens with two attached hydrogens (primary N) is 1. The van der Waals surface area contributed by atoms with Crippen molar-refractivity contribution in [3.05, 3.63) is 0 Å². The van der Waals surface area contributed by atoms with Gasteiger partial charge in [-0.2, -0.15) is 0 Å². The highest BCUT2D eigenvalue weighted by Gasteiger charge is 2.54. The molecule has 0 aliphatic heterocycles. The number of hydrogen-bond donors (Lipinski definition) is 2. The molecule has 92 valence electrons. The number of amides is 1. The lowest BCUT2D eigenvalue weighted by Crippen LogP contribution is -2.62. The molecule has 2 atom stereocenters. The topological polar surface area (TPSA) is 64.3 Å². The Kier molecular flexibility index (Phi) is 2.75. The zero-order valence-electron chi connectivity index (χ0n) is 10.4. The molecule has 1 amide bonds. The van der Waals surface area contributed by atoms with Crippen molar-refractivity contribution in [3.63, 3.8) is 0 Å². The molecule has 2 unspecified atom stereocenters. The van der Waals surface area contributed by atoms with Gasteiger partial charge in [-0.25, -0.2) is 0 Å². The minimum absolute atomic E-state index is 0.0368. The van der Waals surface area contributed by atoms with Crippen molar-refractivity contribution < 1.29 is 9.53 Å². The number of carbonyl (C=O) groups excluding carboxylic acids is 1. The average molecular weight is 226 g/mol. The Morgan fingerprint density at radius 1 is 1.50 bits per heavy atom. The summed E-state index contributed by atoms with van der Waals surface area (Å²) in [6.45, 7) is 4.74. The van der Waals surface area contributed by atoms with Crippen LogP contribution < -0.4 is 11.1 Å². The van der Waals surface area contributed by atoms with E-state index >= 15 is 0 Å². The zero-order valence-corrected chi connectivity index (χ0v) is 10.4. The Labute approximate surface area is 96.9 Å². The third-order valence-electron chi connectivity index (χ3n) is 4.49. The summed E-state index contributed by atoms with van der Waals surface area (Å²) in [6.07, 6.45) is 3.05. The first kappa shape index (κ1) is 11.9. The number of hydrogen-bond acceptors (Lipinski definition) is 3. The van der Waals surface area contributed by atoms with Crippen LogP contribution in [-0.2, 0) is 9.53 Å². The van der Waals surface area contributed by atoms with Crippen LogP contribution in [0.4, 0.5) is 0 Å². The van der Waals surface area contributed by atoms with Crippen LogP contribution >= 0.6 is 0 Å². The third-order valence-corrected chi connectivity index (χ3v) is 4.49. The van der Waals surface area contributed by atoms with Crippen molar-refractivity contribution in [2.75, 3.05) is 13.7 Å². The standard InChI is InChI=1S/C12H22N2O2/c1-11(2)8(6-9(11)16-3)14-10(15)12(7-13)4-5-12/h8-9H,4-7,13H2,1-3H3,(H,14,15). The number of carbonyl (C=O) groups is 1. The Morgan fingerprint density at radius 2 is 2.12 bits per heavy atom. The molecule has 2 fully saturated rings. The van der Waals surface area contributed by atoms with Crippen molar-refractivity contribution in [2.45, 2.75) is 45.3 Å². The fraction of sp³-hybridized carbons (Fsp3) is 0.917. The van der Waals surface area contributed by atoms with Gasteiger partial charge in [0.15, 0.2) is 0 Å². The van der Waals surface area contributed by atoms with Crippen LogP contribution in [0.1, 0.15) is 33.1 Å². The van der Waals surface area contributed by atoms with Crippen molar-refractivity contribution in [2.24, 2.45) is 16.6 Å². The predicted molar refractivity (Wildman–Crippen MR) is 61.8 cm³/mol. The maximum absolute atomic E-state index is 12.0. The van der Waals surface area contributed by atoms with E-state index in [1.54, 1.807) is 7.11 Å². The molecule has 0 heterocycles. The van der Waals surface area contributed by atoms with Gasteiger partial charge in [0.05, 0.1) is 11.5 Å². The average Bonchev–Trinajstić information content (AvgIpc) is 3.04. The summed E-state index contributed by atoms with van der Waals surface area (Å²) in [5, 5.41) is 3.13. The molecule has 0 aromatic carbocycles. The van der Waals surface area contributed by atoms with E-state index in [4.69, 9.17) is 10.5 Å². The molecular formula is C12H22N2O2. The van der Waals surface area contributed by atoms with Gasteiger partial charge in [0.25, 0.3) is 0 Å². The molecule has 0 aromatic rings. The molecule has 2 saturated carbocycles. The molecule has 2 rings (SSSR count).